The lowest BCUT2D eigenvalue weighted by atomic mass is 10.1. The average molecular weight is 361 g/mol. The Balaban J connectivity index is 1.66. The largest absolute Gasteiger partial charge is 0.493 e. The van der Waals surface area contributed by atoms with Crippen LogP contribution in [0, 0.1) is 0 Å². The summed E-state index contributed by atoms with van der Waals surface area (Å²) in [5.41, 5.74) is 2.31. The number of anilines is 1. The molecule has 0 unspecified atom stereocenters. The van der Waals surface area contributed by atoms with Crippen LogP contribution in [0.1, 0.15) is 22.9 Å². The first-order chi connectivity index (χ1) is 13.2. The van der Waals surface area contributed by atoms with Crippen molar-refractivity contribution in [2.24, 2.45) is 17.3 Å². The van der Waals surface area contributed by atoms with E-state index in [1.807, 2.05) is 48.5 Å². The molecule has 4 rings (SSSR count). The van der Waals surface area contributed by atoms with E-state index in [1.165, 1.54) is 0 Å². The third kappa shape index (κ3) is 3.32. The molecule has 0 bridgehead atoms. The van der Waals surface area contributed by atoms with Gasteiger partial charge in [0, 0.05) is 12.6 Å². The summed E-state index contributed by atoms with van der Waals surface area (Å²) in [4.78, 5) is 4.49. The Morgan fingerprint density at radius 1 is 1.19 bits per heavy atom. The number of aromatic nitrogens is 2. The number of imidazole rings is 1. The molecule has 7 heteroatoms. The number of hydrogen-bond donors (Lipinski definition) is 3. The van der Waals surface area contributed by atoms with Gasteiger partial charge in [-0.3, -0.25) is 4.57 Å². The van der Waals surface area contributed by atoms with Crippen LogP contribution in [0.3, 0.4) is 0 Å². The molecule has 1 atom stereocenters. The lowest BCUT2D eigenvalue weighted by molar-refractivity contribution is 0.275. The molecule has 1 aromatic heterocycles. The second kappa shape index (κ2) is 7.05. The maximum absolute atomic E-state index is 10.5. The summed E-state index contributed by atoms with van der Waals surface area (Å²) in [6, 6.07) is 15.0. The van der Waals surface area contributed by atoms with Crippen molar-refractivity contribution < 1.29 is 10.2 Å². The first-order valence-electron chi connectivity index (χ1n) is 8.56. The van der Waals surface area contributed by atoms with E-state index >= 15 is 0 Å². The van der Waals surface area contributed by atoms with Gasteiger partial charge in [0.25, 0.3) is 0 Å². The maximum Gasteiger partial charge on any atom is 0.220 e. The zero-order valence-corrected chi connectivity index (χ0v) is 14.7. The molecule has 3 N–H and O–H groups in total. The van der Waals surface area contributed by atoms with Crippen molar-refractivity contribution in [2.45, 2.75) is 6.04 Å². The predicted molar refractivity (Wildman–Crippen MR) is 103 cm³/mol. The second-order valence-corrected chi connectivity index (χ2v) is 6.30. The molecule has 1 aliphatic heterocycles. The smallest absolute Gasteiger partial charge is 0.220 e. The zero-order valence-electron chi connectivity index (χ0n) is 14.7. The van der Waals surface area contributed by atoms with Crippen molar-refractivity contribution in [3.05, 3.63) is 75.9 Å². The Bertz CT molecular complexity index is 1120. The minimum Gasteiger partial charge on any atom is -0.493 e. The van der Waals surface area contributed by atoms with Gasteiger partial charge in [-0.25, -0.2) is 4.98 Å². The van der Waals surface area contributed by atoms with Crippen molar-refractivity contribution in [3.8, 4) is 5.88 Å². The highest BCUT2D eigenvalue weighted by molar-refractivity contribution is 5.80. The molecule has 0 aliphatic carbocycles. The van der Waals surface area contributed by atoms with Crippen LogP contribution in [-0.4, -0.2) is 32.6 Å². The normalized spacial score (nSPS) is 14.1. The first-order valence-corrected chi connectivity index (χ1v) is 8.56. The number of hydrogen-bond acceptors (Lipinski definition) is 6. The van der Waals surface area contributed by atoms with Crippen LogP contribution in [0.4, 0.5) is 5.95 Å². The fraction of sp³-hybridized carbons (Fsp3) is 0.150. The zero-order chi connectivity index (χ0) is 18.8. The van der Waals surface area contributed by atoms with Crippen molar-refractivity contribution in [1.82, 2.24) is 9.55 Å². The van der Waals surface area contributed by atoms with Crippen LogP contribution >= 0.6 is 0 Å². The summed E-state index contributed by atoms with van der Waals surface area (Å²) in [6.07, 6.45) is 3.49. The number of fused-ring (bicyclic) bond motifs is 1. The second-order valence-electron chi connectivity index (χ2n) is 6.30. The molecular formula is C20H19N5O2. The van der Waals surface area contributed by atoms with Crippen molar-refractivity contribution in [3.63, 3.8) is 0 Å². The van der Waals surface area contributed by atoms with Gasteiger partial charge in [-0.05, 0) is 29.0 Å². The highest BCUT2D eigenvalue weighted by Crippen LogP contribution is 2.25. The van der Waals surface area contributed by atoms with Gasteiger partial charge in [-0.1, -0.05) is 36.4 Å². The van der Waals surface area contributed by atoms with Gasteiger partial charge in [0.15, 0.2) is 0 Å². The molecular weight excluding hydrogens is 342 g/mol. The molecule has 136 valence electrons. The molecule has 0 spiro atoms. The number of aliphatic hydroxyl groups is 1. The van der Waals surface area contributed by atoms with E-state index < -0.39 is 0 Å². The number of aromatic hydroxyl groups is 1. The van der Waals surface area contributed by atoms with Crippen LogP contribution in [0.5, 0.6) is 5.88 Å². The van der Waals surface area contributed by atoms with Crippen LogP contribution < -0.4 is 15.9 Å². The monoisotopic (exact) mass is 361 g/mol. The number of benzene rings is 2. The number of rotatable bonds is 5. The maximum atomic E-state index is 10.5. The summed E-state index contributed by atoms with van der Waals surface area (Å²) >= 11 is 0. The average Bonchev–Trinajstić information content (AvgIpc) is 3.27. The first kappa shape index (κ1) is 17.0. The highest BCUT2D eigenvalue weighted by Gasteiger charge is 2.17. The van der Waals surface area contributed by atoms with Crippen LogP contribution in [0.25, 0.3) is 6.08 Å². The molecule has 2 aromatic carbocycles. The van der Waals surface area contributed by atoms with Gasteiger partial charge < -0.3 is 15.5 Å². The van der Waals surface area contributed by atoms with Gasteiger partial charge in [0.1, 0.15) is 5.69 Å². The van der Waals surface area contributed by atoms with Gasteiger partial charge in [-0.15, -0.1) is 0 Å². The molecule has 0 amide bonds. The molecule has 7 nitrogen and oxygen atoms in total. The lowest BCUT2D eigenvalue weighted by Crippen LogP contribution is -2.17. The van der Waals surface area contributed by atoms with E-state index in [0.717, 1.165) is 21.7 Å². The summed E-state index contributed by atoms with van der Waals surface area (Å²) in [5, 5.41) is 33.0. The Morgan fingerprint density at radius 3 is 2.78 bits per heavy atom. The van der Waals surface area contributed by atoms with E-state index in [1.54, 1.807) is 23.9 Å². The molecule has 0 saturated heterocycles. The van der Waals surface area contributed by atoms with Gasteiger partial charge >= 0.3 is 0 Å². The van der Waals surface area contributed by atoms with Crippen LogP contribution in [-0.2, 0) is 7.05 Å². The molecule has 0 radical (unpaired) electrons. The Kier molecular flexibility index (Phi) is 4.43. The molecule has 27 heavy (non-hydrogen) atoms. The van der Waals surface area contributed by atoms with E-state index in [4.69, 9.17) is 0 Å². The minimum atomic E-state index is -0.322. The fourth-order valence-electron chi connectivity index (χ4n) is 2.98. The van der Waals surface area contributed by atoms with Crippen molar-refractivity contribution in [2.75, 3.05) is 11.9 Å². The van der Waals surface area contributed by atoms with Crippen molar-refractivity contribution >= 4 is 18.2 Å². The Labute approximate surface area is 155 Å². The van der Waals surface area contributed by atoms with Gasteiger partial charge in [-0.2, -0.15) is 10.2 Å². The molecule has 0 fully saturated rings. The molecule has 3 aromatic rings. The summed E-state index contributed by atoms with van der Waals surface area (Å²) in [5.74, 6) is 0.514. The number of nitrogens with one attached hydrogen (secondary N) is 1. The summed E-state index contributed by atoms with van der Waals surface area (Å²) in [7, 11) is 1.72. The van der Waals surface area contributed by atoms with Crippen LogP contribution in [0.2, 0.25) is 0 Å². The highest BCUT2D eigenvalue weighted by atomic mass is 16.3. The topological polar surface area (TPSA) is 95.0 Å². The molecule has 1 aliphatic rings. The lowest BCUT2D eigenvalue weighted by Gasteiger charge is -2.17. The molecule has 2 heterocycles. The minimum absolute atomic E-state index is 0.0427. The number of aliphatic hydroxyl groups excluding tert-OH is 1. The Hall–Kier alpha value is -3.45. The SMILES string of the molecule is Cn1c(N[C@H](CO)c2ccccc2)nc(/C=c2\ccc3c(c2)C=NN=3)c1O. The predicted octanol–water partition coefficient (Wildman–Crippen LogP) is 1.07. The summed E-state index contributed by atoms with van der Waals surface area (Å²) < 4.78 is 1.56. The van der Waals surface area contributed by atoms with E-state index in [0.29, 0.717) is 11.6 Å². The van der Waals surface area contributed by atoms with Gasteiger partial charge in [0.05, 0.1) is 24.2 Å². The van der Waals surface area contributed by atoms with Crippen LogP contribution in [0.15, 0.2) is 58.7 Å². The number of nitrogens with zero attached hydrogens (tertiary/aromatic N) is 4. The Morgan fingerprint density at radius 2 is 2.00 bits per heavy atom. The van der Waals surface area contributed by atoms with E-state index in [2.05, 4.69) is 20.5 Å². The van der Waals surface area contributed by atoms with E-state index in [-0.39, 0.29) is 18.5 Å². The third-order valence-electron chi connectivity index (χ3n) is 4.50. The van der Waals surface area contributed by atoms with E-state index in [9.17, 15) is 10.2 Å². The third-order valence-corrected chi connectivity index (χ3v) is 4.50. The van der Waals surface area contributed by atoms with Gasteiger partial charge in [0.2, 0.25) is 11.8 Å². The van der Waals surface area contributed by atoms with Crippen molar-refractivity contribution in [1.29, 1.82) is 0 Å². The fourth-order valence-corrected chi connectivity index (χ4v) is 2.98. The quantitative estimate of drug-likeness (QED) is 0.633. The standard InChI is InChI=1S/C20H19N5O2/c1-25-19(27)17(10-13-7-8-16-15(9-13)11-21-24-16)22-20(25)23-18(12-26)14-5-3-2-4-6-14/h2-11,18,26-27H,12H2,1H3,(H,22,23)/b13-10+/t18-/m1/s1. The molecule has 0 saturated carbocycles. The summed E-state index contributed by atoms with van der Waals surface area (Å²) in [6.45, 7) is -0.0929.